The summed E-state index contributed by atoms with van der Waals surface area (Å²) in [6, 6.07) is 9.43. The third kappa shape index (κ3) is 1.82. The van der Waals surface area contributed by atoms with Crippen LogP contribution in [0.3, 0.4) is 0 Å². The van der Waals surface area contributed by atoms with Crippen molar-refractivity contribution in [2.24, 2.45) is 0 Å². The predicted octanol–water partition coefficient (Wildman–Crippen LogP) is 2.04. The molecule has 1 aromatic carbocycles. The van der Waals surface area contributed by atoms with Crippen LogP contribution in [0.5, 0.6) is 0 Å². The van der Waals surface area contributed by atoms with Crippen molar-refractivity contribution in [1.29, 1.82) is 0 Å². The number of para-hydroxylation sites is 1. The van der Waals surface area contributed by atoms with Gasteiger partial charge in [-0.3, -0.25) is 0 Å². The van der Waals surface area contributed by atoms with Gasteiger partial charge in [0.2, 0.25) is 0 Å². The van der Waals surface area contributed by atoms with Crippen molar-refractivity contribution < 1.29 is 4.57 Å². The monoisotopic (exact) mass is 140 g/mol. The third-order valence-electron chi connectivity index (χ3n) is 0.969. The lowest BCUT2D eigenvalue weighted by atomic mass is 10.3. The molecule has 0 aliphatic rings. The number of nitrogens with one attached hydrogen (secondary N) is 1. The molecule has 0 fully saturated rings. The van der Waals surface area contributed by atoms with Gasteiger partial charge in [0.05, 0.1) is 5.69 Å². The maximum atomic E-state index is 10.0. The van der Waals surface area contributed by atoms with Crippen molar-refractivity contribution in [2.45, 2.75) is 0 Å². The molecule has 0 aliphatic carbocycles. The van der Waals surface area contributed by atoms with Gasteiger partial charge in [-0.25, -0.2) is 0 Å². The van der Waals surface area contributed by atoms with Crippen molar-refractivity contribution in [2.75, 3.05) is 5.09 Å². The molecule has 0 spiro atoms. The maximum absolute atomic E-state index is 10.0. The topological polar surface area (TPSA) is 29.1 Å². The lowest BCUT2D eigenvalue weighted by molar-refractivity contribution is 0.601. The summed E-state index contributed by atoms with van der Waals surface area (Å²) in [5.74, 6) is 0. The number of benzene rings is 1. The van der Waals surface area contributed by atoms with Crippen LogP contribution in [0.1, 0.15) is 0 Å². The minimum atomic E-state index is -0.465. The van der Waals surface area contributed by atoms with Gasteiger partial charge in [-0.2, -0.15) is 5.09 Å². The summed E-state index contributed by atoms with van der Waals surface area (Å²) in [5.41, 5.74) is 0.894. The first-order valence-electron chi connectivity index (χ1n) is 2.61. The Bertz CT molecular complexity index is 188. The molecule has 1 unspecified atom stereocenters. The van der Waals surface area contributed by atoms with Gasteiger partial charge < -0.3 is 0 Å². The highest BCUT2D eigenvalue weighted by Gasteiger charge is 1.88. The van der Waals surface area contributed by atoms with Crippen LogP contribution in [0.2, 0.25) is 0 Å². The SMILES string of the molecule is O=[PH+]Nc1ccccc1. The first kappa shape index (κ1) is 6.24. The molecule has 0 aliphatic heterocycles. The van der Waals surface area contributed by atoms with Crippen molar-refractivity contribution in [3.05, 3.63) is 30.3 Å². The molecule has 1 N–H and O–H groups in total. The minimum Gasteiger partial charge on any atom is -0.181 e. The van der Waals surface area contributed by atoms with Crippen molar-refractivity contribution in [3.8, 4) is 0 Å². The van der Waals surface area contributed by atoms with E-state index in [9.17, 15) is 4.57 Å². The van der Waals surface area contributed by atoms with Crippen LogP contribution in [0, 0.1) is 0 Å². The summed E-state index contributed by atoms with van der Waals surface area (Å²) < 4.78 is 10.0. The minimum absolute atomic E-state index is 0.465. The van der Waals surface area contributed by atoms with Gasteiger partial charge in [0.25, 0.3) is 0 Å². The Morgan fingerprint density at radius 3 is 2.44 bits per heavy atom. The molecule has 0 saturated heterocycles. The van der Waals surface area contributed by atoms with E-state index in [1.54, 1.807) is 0 Å². The number of hydrogen-bond acceptors (Lipinski definition) is 1. The average Bonchev–Trinajstić information content (AvgIpc) is 1.91. The summed E-state index contributed by atoms with van der Waals surface area (Å²) >= 11 is 0. The molecule has 3 heteroatoms. The molecule has 1 rings (SSSR count). The highest BCUT2D eigenvalue weighted by molar-refractivity contribution is 7.25. The van der Waals surface area contributed by atoms with E-state index in [2.05, 4.69) is 5.09 Å². The van der Waals surface area contributed by atoms with E-state index >= 15 is 0 Å². The first-order chi connectivity index (χ1) is 4.43. The van der Waals surface area contributed by atoms with Crippen LogP contribution in [0.4, 0.5) is 5.69 Å². The van der Waals surface area contributed by atoms with E-state index in [0.29, 0.717) is 0 Å². The van der Waals surface area contributed by atoms with Gasteiger partial charge in [-0.15, -0.1) is 0 Å². The van der Waals surface area contributed by atoms with Crippen LogP contribution >= 0.6 is 8.61 Å². The maximum Gasteiger partial charge on any atom is 0.445 e. The number of rotatable bonds is 2. The molecular formula is C6H7NOP+. The molecule has 9 heavy (non-hydrogen) atoms. The number of hydrogen-bond donors (Lipinski definition) is 1. The van der Waals surface area contributed by atoms with Crippen LogP contribution in [-0.4, -0.2) is 0 Å². The molecule has 0 radical (unpaired) electrons. The Balaban J connectivity index is 2.72. The third-order valence-corrected chi connectivity index (χ3v) is 1.36. The zero-order valence-electron chi connectivity index (χ0n) is 4.79. The van der Waals surface area contributed by atoms with E-state index in [1.165, 1.54) is 0 Å². The van der Waals surface area contributed by atoms with Gasteiger partial charge in [-0.1, -0.05) is 18.2 Å². The van der Waals surface area contributed by atoms with Crippen LogP contribution in [0.15, 0.2) is 30.3 Å². The van der Waals surface area contributed by atoms with Crippen LogP contribution in [-0.2, 0) is 4.57 Å². The highest BCUT2D eigenvalue weighted by atomic mass is 31.1. The van der Waals surface area contributed by atoms with Crippen molar-refractivity contribution in [3.63, 3.8) is 0 Å². The molecule has 1 aromatic rings. The predicted molar refractivity (Wildman–Crippen MR) is 39.1 cm³/mol. The molecule has 46 valence electrons. The normalized spacial score (nSPS) is 9.33. The van der Waals surface area contributed by atoms with Gasteiger partial charge in [0.15, 0.2) is 0 Å². The van der Waals surface area contributed by atoms with Crippen LogP contribution < -0.4 is 5.09 Å². The van der Waals surface area contributed by atoms with Crippen LogP contribution in [0.25, 0.3) is 0 Å². The van der Waals surface area contributed by atoms with Gasteiger partial charge in [0, 0.05) is 0 Å². The second kappa shape index (κ2) is 3.21. The Labute approximate surface area is 55.2 Å². The summed E-state index contributed by atoms with van der Waals surface area (Å²) in [7, 11) is -0.465. The molecule has 0 bridgehead atoms. The molecule has 2 nitrogen and oxygen atoms in total. The highest BCUT2D eigenvalue weighted by Crippen LogP contribution is 2.08. The zero-order valence-corrected chi connectivity index (χ0v) is 5.79. The lowest BCUT2D eigenvalue weighted by Gasteiger charge is -1.86. The van der Waals surface area contributed by atoms with E-state index in [1.807, 2.05) is 30.3 Å². The summed E-state index contributed by atoms with van der Waals surface area (Å²) in [4.78, 5) is 0. The molecular weight excluding hydrogens is 133 g/mol. The second-order valence-corrected chi connectivity index (χ2v) is 2.05. The fourth-order valence-electron chi connectivity index (χ4n) is 0.580. The molecule has 0 aromatic heterocycles. The lowest BCUT2D eigenvalue weighted by Crippen LogP contribution is -1.76. The van der Waals surface area contributed by atoms with E-state index in [4.69, 9.17) is 0 Å². The van der Waals surface area contributed by atoms with Gasteiger partial charge in [0.1, 0.15) is 0 Å². The summed E-state index contributed by atoms with van der Waals surface area (Å²) in [6.45, 7) is 0. The van der Waals surface area contributed by atoms with E-state index < -0.39 is 8.61 Å². The largest absolute Gasteiger partial charge is 0.445 e. The van der Waals surface area contributed by atoms with Gasteiger partial charge in [-0.05, 0) is 16.7 Å². The Morgan fingerprint density at radius 1 is 1.22 bits per heavy atom. The van der Waals surface area contributed by atoms with Crippen molar-refractivity contribution >= 4 is 14.3 Å². The average molecular weight is 140 g/mol. The first-order valence-corrected chi connectivity index (χ1v) is 3.52. The second-order valence-electron chi connectivity index (χ2n) is 1.59. The van der Waals surface area contributed by atoms with Gasteiger partial charge >= 0.3 is 8.61 Å². The van der Waals surface area contributed by atoms with E-state index in [-0.39, 0.29) is 0 Å². The summed E-state index contributed by atoms with van der Waals surface area (Å²) in [5, 5.41) is 2.68. The standard InChI is InChI=1S/C6H6NOP/c8-9-7-6-4-2-1-3-5-6/h1-5H,(H,7,8)/p+1. The van der Waals surface area contributed by atoms with E-state index in [0.717, 1.165) is 5.69 Å². The fourth-order valence-corrected chi connectivity index (χ4v) is 0.865. The Kier molecular flexibility index (Phi) is 2.22. The van der Waals surface area contributed by atoms with Crippen molar-refractivity contribution in [1.82, 2.24) is 0 Å². The molecule has 0 saturated carbocycles. The fraction of sp³-hybridized carbons (Fsp3) is 0. The number of anilines is 1. The molecule has 1 atom stereocenters. The Hall–Kier alpha value is -0.880. The molecule has 0 heterocycles. The summed E-state index contributed by atoms with van der Waals surface area (Å²) in [6.07, 6.45) is 0. The Morgan fingerprint density at radius 2 is 1.89 bits per heavy atom. The zero-order chi connectivity index (χ0) is 6.53. The quantitative estimate of drug-likeness (QED) is 0.637. The smallest absolute Gasteiger partial charge is 0.181 e. The molecule has 0 amide bonds.